The normalized spacial score (nSPS) is 12.8. The largest absolute Gasteiger partial charge is 0.383 e. The van der Waals surface area contributed by atoms with Crippen molar-refractivity contribution in [1.82, 2.24) is 5.32 Å². The van der Waals surface area contributed by atoms with Crippen molar-refractivity contribution in [3.05, 3.63) is 35.1 Å². The summed E-state index contributed by atoms with van der Waals surface area (Å²) in [6.07, 6.45) is 1.83. The Bertz CT molecular complexity index is 328. The van der Waals surface area contributed by atoms with Gasteiger partial charge in [-0.1, -0.05) is 6.07 Å². The molecule has 1 rings (SSSR count). The molecular formula is C13H20FNO. The third-order valence-electron chi connectivity index (χ3n) is 2.85. The van der Waals surface area contributed by atoms with Gasteiger partial charge < -0.3 is 10.1 Å². The summed E-state index contributed by atoms with van der Waals surface area (Å²) in [6.45, 7) is 2.70. The van der Waals surface area contributed by atoms with Crippen molar-refractivity contribution in [3.8, 4) is 0 Å². The maximum atomic E-state index is 13.1. The summed E-state index contributed by atoms with van der Waals surface area (Å²) in [5.74, 6) is -0.159. The van der Waals surface area contributed by atoms with Crippen molar-refractivity contribution in [2.24, 2.45) is 0 Å². The quantitative estimate of drug-likeness (QED) is 0.802. The standard InChI is InChI=1S/C13H20FNO/c1-10-4-6-12(14)8-11(10)5-7-13(15-2)9-16-3/h4,6,8,13,15H,5,7,9H2,1-3H3. The van der Waals surface area contributed by atoms with Gasteiger partial charge in [-0.05, 0) is 50.1 Å². The fraction of sp³-hybridized carbons (Fsp3) is 0.538. The maximum Gasteiger partial charge on any atom is 0.123 e. The van der Waals surface area contributed by atoms with Crippen LogP contribution < -0.4 is 5.32 Å². The number of methoxy groups -OCH3 is 1. The summed E-state index contributed by atoms with van der Waals surface area (Å²) in [4.78, 5) is 0. The Balaban J connectivity index is 2.55. The van der Waals surface area contributed by atoms with E-state index < -0.39 is 0 Å². The number of rotatable bonds is 6. The van der Waals surface area contributed by atoms with Gasteiger partial charge in [-0.2, -0.15) is 0 Å². The van der Waals surface area contributed by atoms with Gasteiger partial charge in [-0.15, -0.1) is 0 Å². The molecule has 0 bridgehead atoms. The fourth-order valence-electron chi connectivity index (χ4n) is 1.75. The van der Waals surface area contributed by atoms with Gasteiger partial charge in [0.15, 0.2) is 0 Å². The summed E-state index contributed by atoms with van der Waals surface area (Å²) in [7, 11) is 3.61. The molecule has 1 atom stereocenters. The summed E-state index contributed by atoms with van der Waals surface area (Å²) in [5.41, 5.74) is 2.23. The zero-order valence-electron chi connectivity index (χ0n) is 10.2. The lowest BCUT2D eigenvalue weighted by molar-refractivity contribution is 0.166. The number of hydrogen-bond donors (Lipinski definition) is 1. The molecule has 0 fully saturated rings. The molecule has 1 unspecified atom stereocenters. The predicted molar refractivity (Wildman–Crippen MR) is 64.2 cm³/mol. The fourth-order valence-corrected chi connectivity index (χ4v) is 1.75. The van der Waals surface area contributed by atoms with Crippen LogP contribution in [0.25, 0.3) is 0 Å². The van der Waals surface area contributed by atoms with Crippen LogP contribution in [0.3, 0.4) is 0 Å². The summed E-state index contributed by atoms with van der Waals surface area (Å²) < 4.78 is 18.2. The average Bonchev–Trinajstić information content (AvgIpc) is 2.28. The summed E-state index contributed by atoms with van der Waals surface area (Å²) in [6, 6.07) is 5.28. The lowest BCUT2D eigenvalue weighted by Crippen LogP contribution is -2.30. The molecule has 16 heavy (non-hydrogen) atoms. The highest BCUT2D eigenvalue weighted by Gasteiger charge is 2.07. The lowest BCUT2D eigenvalue weighted by Gasteiger charge is -2.15. The van der Waals surface area contributed by atoms with Crippen LogP contribution in [0, 0.1) is 12.7 Å². The van der Waals surface area contributed by atoms with Gasteiger partial charge in [0, 0.05) is 13.2 Å². The van der Waals surface area contributed by atoms with Crippen LogP contribution in [0.5, 0.6) is 0 Å². The molecule has 0 saturated carbocycles. The maximum absolute atomic E-state index is 13.1. The van der Waals surface area contributed by atoms with E-state index in [9.17, 15) is 4.39 Å². The van der Waals surface area contributed by atoms with Gasteiger partial charge in [0.1, 0.15) is 5.82 Å². The highest BCUT2D eigenvalue weighted by Crippen LogP contribution is 2.13. The minimum atomic E-state index is -0.159. The highest BCUT2D eigenvalue weighted by atomic mass is 19.1. The summed E-state index contributed by atoms with van der Waals surface area (Å²) in [5, 5.41) is 3.19. The van der Waals surface area contributed by atoms with Crippen molar-refractivity contribution in [2.75, 3.05) is 20.8 Å². The van der Waals surface area contributed by atoms with Crippen molar-refractivity contribution in [2.45, 2.75) is 25.8 Å². The SMILES string of the molecule is CNC(CCc1cc(F)ccc1C)COC. The van der Waals surface area contributed by atoms with Gasteiger partial charge in [0.25, 0.3) is 0 Å². The lowest BCUT2D eigenvalue weighted by atomic mass is 10.0. The number of benzene rings is 1. The first kappa shape index (κ1) is 13.1. The average molecular weight is 225 g/mol. The van der Waals surface area contributed by atoms with Crippen molar-refractivity contribution < 1.29 is 9.13 Å². The molecule has 1 N–H and O–H groups in total. The van der Waals surface area contributed by atoms with Crippen molar-refractivity contribution in [1.29, 1.82) is 0 Å². The van der Waals surface area contributed by atoms with Crippen molar-refractivity contribution >= 4 is 0 Å². The molecule has 0 aliphatic carbocycles. The minimum absolute atomic E-state index is 0.159. The van der Waals surface area contributed by atoms with Gasteiger partial charge in [-0.3, -0.25) is 0 Å². The van der Waals surface area contributed by atoms with E-state index >= 15 is 0 Å². The first-order valence-electron chi connectivity index (χ1n) is 5.58. The Morgan fingerprint density at radius 1 is 1.44 bits per heavy atom. The Hall–Kier alpha value is -0.930. The van der Waals surface area contributed by atoms with E-state index in [1.807, 2.05) is 20.0 Å². The van der Waals surface area contributed by atoms with Crippen LogP contribution in [0.4, 0.5) is 4.39 Å². The molecule has 1 aromatic rings. The number of likely N-dealkylation sites (N-methyl/N-ethyl adjacent to an activating group) is 1. The molecule has 1 aromatic carbocycles. The zero-order chi connectivity index (χ0) is 12.0. The van der Waals surface area contributed by atoms with Gasteiger partial charge in [-0.25, -0.2) is 4.39 Å². The first-order valence-corrected chi connectivity index (χ1v) is 5.58. The van der Waals surface area contributed by atoms with E-state index in [0.29, 0.717) is 12.6 Å². The Labute approximate surface area is 96.8 Å². The topological polar surface area (TPSA) is 21.3 Å². The minimum Gasteiger partial charge on any atom is -0.383 e. The number of nitrogens with one attached hydrogen (secondary N) is 1. The van der Waals surface area contributed by atoms with E-state index in [1.165, 1.54) is 6.07 Å². The number of halogens is 1. The molecule has 0 aliphatic heterocycles. The van der Waals surface area contributed by atoms with Crippen molar-refractivity contribution in [3.63, 3.8) is 0 Å². The molecule has 0 aromatic heterocycles. The second-order valence-corrected chi connectivity index (χ2v) is 4.05. The molecule has 3 heteroatoms. The molecule has 0 amide bonds. The van der Waals surface area contributed by atoms with Crippen LogP contribution >= 0.6 is 0 Å². The van der Waals surface area contributed by atoms with E-state index in [4.69, 9.17) is 4.74 Å². The molecule has 0 spiro atoms. The van der Waals surface area contributed by atoms with Gasteiger partial charge >= 0.3 is 0 Å². The van der Waals surface area contributed by atoms with E-state index in [0.717, 1.165) is 24.0 Å². The summed E-state index contributed by atoms with van der Waals surface area (Å²) >= 11 is 0. The Kier molecular flexibility index (Phi) is 5.43. The monoisotopic (exact) mass is 225 g/mol. The van der Waals surface area contributed by atoms with Crippen LogP contribution in [-0.4, -0.2) is 26.8 Å². The molecule has 0 saturated heterocycles. The molecular weight excluding hydrogens is 205 g/mol. The number of hydrogen-bond acceptors (Lipinski definition) is 2. The predicted octanol–water partition coefficient (Wildman–Crippen LogP) is 2.30. The van der Waals surface area contributed by atoms with Crippen LogP contribution in [0.15, 0.2) is 18.2 Å². The Morgan fingerprint density at radius 2 is 2.19 bits per heavy atom. The molecule has 0 heterocycles. The van der Waals surface area contributed by atoms with E-state index in [2.05, 4.69) is 5.32 Å². The molecule has 2 nitrogen and oxygen atoms in total. The highest BCUT2D eigenvalue weighted by molar-refractivity contribution is 5.26. The van der Waals surface area contributed by atoms with E-state index in [-0.39, 0.29) is 5.82 Å². The third-order valence-corrected chi connectivity index (χ3v) is 2.85. The zero-order valence-corrected chi connectivity index (χ0v) is 10.2. The van der Waals surface area contributed by atoms with Gasteiger partial charge in [0.2, 0.25) is 0 Å². The molecule has 0 radical (unpaired) electrons. The second-order valence-electron chi connectivity index (χ2n) is 4.05. The second kappa shape index (κ2) is 6.61. The van der Waals surface area contributed by atoms with Gasteiger partial charge in [0.05, 0.1) is 6.61 Å². The number of aryl methyl sites for hydroxylation is 2. The van der Waals surface area contributed by atoms with E-state index in [1.54, 1.807) is 13.2 Å². The van der Waals surface area contributed by atoms with Crippen LogP contribution in [-0.2, 0) is 11.2 Å². The molecule has 90 valence electrons. The van der Waals surface area contributed by atoms with Crippen LogP contribution in [0.1, 0.15) is 17.5 Å². The number of ether oxygens (including phenoxy) is 1. The Morgan fingerprint density at radius 3 is 2.81 bits per heavy atom. The molecule has 0 aliphatic rings. The third kappa shape index (κ3) is 3.91. The van der Waals surface area contributed by atoms with Crippen LogP contribution in [0.2, 0.25) is 0 Å². The first-order chi connectivity index (χ1) is 7.67. The smallest absolute Gasteiger partial charge is 0.123 e.